The number of carbonyl (C=O) groups is 1. The van der Waals surface area contributed by atoms with Gasteiger partial charge in [-0.1, -0.05) is 11.8 Å². The second-order valence-corrected chi connectivity index (χ2v) is 6.32. The molecular weight excluding hydrogens is 286 g/mol. The third-order valence-corrected chi connectivity index (χ3v) is 4.81. The first-order valence-corrected chi connectivity index (χ1v) is 8.21. The van der Waals surface area contributed by atoms with Crippen molar-refractivity contribution in [2.24, 2.45) is 0 Å². The van der Waals surface area contributed by atoms with Gasteiger partial charge in [-0.25, -0.2) is 4.68 Å². The summed E-state index contributed by atoms with van der Waals surface area (Å²) in [6.07, 6.45) is 2.26. The summed E-state index contributed by atoms with van der Waals surface area (Å²) in [4.78, 5) is 12.4. The smallest absolute Gasteiger partial charge is 0.210 e. The molecule has 0 radical (unpaired) electrons. The maximum absolute atomic E-state index is 12.4. The second-order valence-electron chi connectivity index (χ2n) is 5.38. The zero-order valence-corrected chi connectivity index (χ0v) is 13.4. The summed E-state index contributed by atoms with van der Waals surface area (Å²) in [5, 5.41) is 12.5. The van der Waals surface area contributed by atoms with Crippen molar-refractivity contribution in [3.63, 3.8) is 0 Å². The van der Waals surface area contributed by atoms with Crippen molar-refractivity contribution in [1.82, 2.24) is 24.8 Å². The van der Waals surface area contributed by atoms with Gasteiger partial charge in [0, 0.05) is 23.5 Å². The highest BCUT2D eigenvalue weighted by Crippen LogP contribution is 2.36. The zero-order chi connectivity index (χ0) is 15.0. The molecule has 1 aliphatic rings. The Kier molecular flexibility index (Phi) is 3.84. The number of carbonyl (C=O) groups excluding carboxylic acids is 1. The van der Waals surface area contributed by atoms with Crippen molar-refractivity contribution in [2.75, 3.05) is 5.75 Å². The van der Waals surface area contributed by atoms with Crippen LogP contribution in [-0.2, 0) is 6.54 Å². The van der Waals surface area contributed by atoms with E-state index >= 15 is 0 Å². The molecule has 6 nitrogen and oxygen atoms in total. The third-order valence-electron chi connectivity index (χ3n) is 3.88. The van der Waals surface area contributed by atoms with Crippen LogP contribution in [-0.4, -0.2) is 36.3 Å². The summed E-state index contributed by atoms with van der Waals surface area (Å²) in [5.74, 6) is 0.513. The number of thioether (sulfide) groups is 1. The maximum atomic E-state index is 12.4. The Labute approximate surface area is 127 Å². The van der Waals surface area contributed by atoms with E-state index in [9.17, 15) is 4.79 Å². The number of tetrazole rings is 1. The first-order valence-electron chi connectivity index (χ1n) is 7.22. The van der Waals surface area contributed by atoms with Gasteiger partial charge in [-0.05, 0) is 50.1 Å². The van der Waals surface area contributed by atoms with E-state index in [1.165, 1.54) is 11.8 Å². The fourth-order valence-corrected chi connectivity index (χ4v) is 3.43. The maximum Gasteiger partial charge on any atom is 0.210 e. The molecule has 0 aliphatic heterocycles. The van der Waals surface area contributed by atoms with Crippen LogP contribution in [0.2, 0.25) is 0 Å². The lowest BCUT2D eigenvalue weighted by Gasteiger charge is -2.05. The number of aromatic nitrogens is 5. The molecule has 0 N–H and O–H groups in total. The average Bonchev–Trinajstić information content (AvgIpc) is 3.13. The predicted molar refractivity (Wildman–Crippen MR) is 80.7 cm³/mol. The Bertz CT molecular complexity index is 671. The first kappa shape index (κ1) is 14.3. The van der Waals surface area contributed by atoms with Crippen LogP contribution in [0, 0.1) is 13.8 Å². The lowest BCUT2D eigenvalue weighted by molar-refractivity contribution is 0.102. The monoisotopic (exact) mass is 305 g/mol. The molecule has 1 fully saturated rings. The largest absolute Gasteiger partial charge is 0.349 e. The summed E-state index contributed by atoms with van der Waals surface area (Å²) in [6, 6.07) is 2.41. The summed E-state index contributed by atoms with van der Waals surface area (Å²) in [6.45, 7) is 7.02. The molecule has 1 saturated carbocycles. The Morgan fingerprint density at radius 3 is 2.81 bits per heavy atom. The van der Waals surface area contributed by atoms with Crippen LogP contribution in [0.3, 0.4) is 0 Å². The Morgan fingerprint density at radius 2 is 2.19 bits per heavy atom. The average molecular weight is 305 g/mol. The predicted octanol–water partition coefficient (Wildman–Crippen LogP) is 2.42. The summed E-state index contributed by atoms with van der Waals surface area (Å²) in [5.41, 5.74) is 2.99. The molecule has 0 amide bonds. The van der Waals surface area contributed by atoms with E-state index in [0.29, 0.717) is 11.8 Å². The van der Waals surface area contributed by atoms with Gasteiger partial charge in [0.2, 0.25) is 5.16 Å². The molecular formula is C14H19N5OS. The number of rotatable bonds is 6. The van der Waals surface area contributed by atoms with Gasteiger partial charge in [0.25, 0.3) is 0 Å². The van der Waals surface area contributed by atoms with E-state index < -0.39 is 0 Å². The standard InChI is InChI=1S/C14H19N5OS/c1-4-18-9(2)7-12(10(18)3)13(20)8-21-14-15-16-17-19(14)11-5-6-11/h7,11H,4-6,8H2,1-3H3. The van der Waals surface area contributed by atoms with Crippen molar-refractivity contribution >= 4 is 17.5 Å². The number of hydrogen-bond donors (Lipinski definition) is 0. The Balaban J connectivity index is 1.70. The minimum absolute atomic E-state index is 0.137. The molecule has 2 heterocycles. The summed E-state index contributed by atoms with van der Waals surface area (Å²) in [7, 11) is 0. The van der Waals surface area contributed by atoms with Crippen LogP contribution in [0.1, 0.15) is 47.6 Å². The highest BCUT2D eigenvalue weighted by Gasteiger charge is 2.28. The van der Waals surface area contributed by atoms with E-state index in [2.05, 4.69) is 27.0 Å². The molecule has 0 unspecified atom stereocenters. The van der Waals surface area contributed by atoms with Crippen molar-refractivity contribution in [3.8, 4) is 0 Å². The number of nitrogens with zero attached hydrogens (tertiary/aromatic N) is 5. The Hall–Kier alpha value is -1.63. The van der Waals surface area contributed by atoms with Crippen LogP contribution >= 0.6 is 11.8 Å². The highest BCUT2D eigenvalue weighted by atomic mass is 32.2. The van der Waals surface area contributed by atoms with Gasteiger partial charge in [-0.15, -0.1) is 5.10 Å². The number of aryl methyl sites for hydroxylation is 1. The van der Waals surface area contributed by atoms with Crippen LogP contribution in [0.15, 0.2) is 11.2 Å². The van der Waals surface area contributed by atoms with Gasteiger partial charge >= 0.3 is 0 Å². The van der Waals surface area contributed by atoms with Gasteiger partial charge < -0.3 is 4.57 Å². The molecule has 0 saturated heterocycles. The Morgan fingerprint density at radius 1 is 1.43 bits per heavy atom. The van der Waals surface area contributed by atoms with E-state index in [4.69, 9.17) is 0 Å². The summed E-state index contributed by atoms with van der Waals surface area (Å²) >= 11 is 1.42. The lowest BCUT2D eigenvalue weighted by Crippen LogP contribution is -2.07. The minimum atomic E-state index is 0.137. The van der Waals surface area contributed by atoms with Crippen molar-refractivity contribution in [1.29, 1.82) is 0 Å². The van der Waals surface area contributed by atoms with Gasteiger partial charge in [0.1, 0.15) is 0 Å². The van der Waals surface area contributed by atoms with Crippen molar-refractivity contribution < 1.29 is 4.79 Å². The second kappa shape index (κ2) is 5.63. The number of Topliss-reactive ketones (excluding diaryl/α,β-unsaturated/α-hetero) is 1. The molecule has 0 bridgehead atoms. The zero-order valence-electron chi connectivity index (χ0n) is 12.5. The molecule has 2 aromatic rings. The fraction of sp³-hybridized carbons (Fsp3) is 0.571. The molecule has 7 heteroatoms. The highest BCUT2D eigenvalue weighted by molar-refractivity contribution is 7.99. The molecule has 2 aromatic heterocycles. The molecule has 21 heavy (non-hydrogen) atoms. The van der Waals surface area contributed by atoms with Crippen molar-refractivity contribution in [2.45, 2.75) is 51.4 Å². The topological polar surface area (TPSA) is 65.6 Å². The molecule has 0 atom stereocenters. The lowest BCUT2D eigenvalue weighted by atomic mass is 10.2. The van der Waals surface area contributed by atoms with Gasteiger partial charge in [0.05, 0.1) is 11.8 Å². The van der Waals surface area contributed by atoms with Crippen molar-refractivity contribution in [3.05, 3.63) is 23.0 Å². The van der Waals surface area contributed by atoms with E-state index in [-0.39, 0.29) is 5.78 Å². The molecule has 0 spiro atoms. The van der Waals surface area contributed by atoms with Crippen LogP contribution in [0.4, 0.5) is 0 Å². The third kappa shape index (κ3) is 2.74. The molecule has 0 aromatic carbocycles. The normalized spacial score (nSPS) is 14.6. The number of ketones is 1. The van der Waals surface area contributed by atoms with Gasteiger partial charge in [0.15, 0.2) is 5.78 Å². The quantitative estimate of drug-likeness (QED) is 0.606. The first-order chi connectivity index (χ1) is 10.1. The van der Waals surface area contributed by atoms with Crippen LogP contribution < -0.4 is 0 Å². The number of hydrogen-bond acceptors (Lipinski definition) is 5. The van der Waals surface area contributed by atoms with Crippen LogP contribution in [0.5, 0.6) is 0 Å². The van der Waals surface area contributed by atoms with Crippen LogP contribution in [0.25, 0.3) is 0 Å². The van der Waals surface area contributed by atoms with E-state index in [1.54, 1.807) is 0 Å². The molecule has 3 rings (SSSR count). The van der Waals surface area contributed by atoms with E-state index in [1.807, 2.05) is 24.6 Å². The summed E-state index contributed by atoms with van der Waals surface area (Å²) < 4.78 is 4.00. The SMILES string of the molecule is CCn1c(C)cc(C(=O)CSc2nnnn2C2CC2)c1C. The van der Waals surface area contributed by atoms with Gasteiger partial charge in [-0.3, -0.25) is 4.79 Å². The fourth-order valence-electron chi connectivity index (χ4n) is 2.61. The molecule has 1 aliphatic carbocycles. The van der Waals surface area contributed by atoms with Gasteiger partial charge in [-0.2, -0.15) is 0 Å². The minimum Gasteiger partial charge on any atom is -0.349 e. The van der Waals surface area contributed by atoms with E-state index in [0.717, 1.165) is 41.5 Å². The molecule has 112 valence electrons.